The fourth-order valence-electron chi connectivity index (χ4n) is 2.05. The summed E-state index contributed by atoms with van der Waals surface area (Å²) in [6.07, 6.45) is 2.23. The summed E-state index contributed by atoms with van der Waals surface area (Å²) in [4.78, 5) is 2.11. The molecule has 0 heterocycles. The summed E-state index contributed by atoms with van der Waals surface area (Å²) in [6, 6.07) is 6.12. The van der Waals surface area contributed by atoms with Gasteiger partial charge in [-0.25, -0.2) is 0 Å². The highest BCUT2D eigenvalue weighted by Gasteiger charge is 2.31. The van der Waals surface area contributed by atoms with Crippen molar-refractivity contribution in [2.75, 3.05) is 18.1 Å². The van der Waals surface area contributed by atoms with E-state index in [4.69, 9.17) is 16.0 Å². The minimum absolute atomic E-state index is 0.0704. The average Bonchev–Trinajstić information content (AvgIpc) is 3.19. The van der Waals surface area contributed by atoms with Gasteiger partial charge in [-0.1, -0.05) is 11.2 Å². The van der Waals surface area contributed by atoms with Gasteiger partial charge in [-0.3, -0.25) is 0 Å². The molecule has 1 aromatic rings. The number of amidine groups is 1. The maximum absolute atomic E-state index is 9.17. The number of hydrogen-bond acceptors (Lipinski definition) is 4. The van der Waals surface area contributed by atoms with Gasteiger partial charge in [0.25, 0.3) is 0 Å². The van der Waals surface area contributed by atoms with Crippen LogP contribution in [0.4, 0.5) is 5.69 Å². The number of nitrogens with two attached hydrogens (primary N) is 1. The summed E-state index contributed by atoms with van der Waals surface area (Å²) in [6.45, 7) is 0.630. The summed E-state index contributed by atoms with van der Waals surface area (Å²) >= 11 is 3.42. The molecule has 1 aliphatic rings. The highest BCUT2D eigenvalue weighted by Crippen LogP contribution is 2.35. The number of rotatable bonds is 5. The second kappa shape index (κ2) is 5.58. The molecule has 0 aliphatic heterocycles. The Morgan fingerprint density at radius 1 is 1.50 bits per heavy atom. The number of aliphatic hydroxyl groups excluding tert-OH is 1. The Hall–Kier alpha value is -1.27. The zero-order valence-electron chi connectivity index (χ0n) is 9.88. The van der Waals surface area contributed by atoms with E-state index in [9.17, 15) is 0 Å². The highest BCUT2D eigenvalue weighted by atomic mass is 79.9. The van der Waals surface area contributed by atoms with E-state index in [1.165, 1.54) is 0 Å². The Morgan fingerprint density at radius 3 is 2.78 bits per heavy atom. The van der Waals surface area contributed by atoms with Gasteiger partial charge in [0.2, 0.25) is 0 Å². The van der Waals surface area contributed by atoms with E-state index in [2.05, 4.69) is 26.0 Å². The summed E-state index contributed by atoms with van der Waals surface area (Å²) in [5.74, 6) is 0.0704. The first-order valence-corrected chi connectivity index (χ1v) is 6.62. The molecule has 1 aliphatic carbocycles. The van der Waals surface area contributed by atoms with Crippen molar-refractivity contribution >= 4 is 27.5 Å². The van der Waals surface area contributed by atoms with E-state index in [0.717, 1.165) is 23.0 Å². The van der Waals surface area contributed by atoms with Crippen LogP contribution in [0.2, 0.25) is 0 Å². The van der Waals surface area contributed by atoms with Crippen LogP contribution in [0.1, 0.15) is 18.4 Å². The van der Waals surface area contributed by atoms with Gasteiger partial charge in [-0.15, -0.1) is 0 Å². The van der Waals surface area contributed by atoms with Crippen LogP contribution in [-0.4, -0.2) is 35.3 Å². The second-order valence-corrected chi connectivity index (χ2v) is 5.12. The summed E-state index contributed by atoms with van der Waals surface area (Å²) in [7, 11) is 0. The third-order valence-corrected chi connectivity index (χ3v) is 3.65. The van der Waals surface area contributed by atoms with E-state index in [1.807, 2.05) is 18.2 Å². The SMILES string of the molecule is N/C(=N/O)c1c(Br)cccc1N(CCO)C1CC1. The van der Waals surface area contributed by atoms with Crippen molar-refractivity contribution in [1.29, 1.82) is 0 Å². The van der Waals surface area contributed by atoms with Crippen molar-refractivity contribution in [1.82, 2.24) is 0 Å². The lowest BCUT2D eigenvalue weighted by Gasteiger charge is -2.26. The Morgan fingerprint density at radius 2 is 2.22 bits per heavy atom. The number of halogens is 1. The maximum atomic E-state index is 9.17. The van der Waals surface area contributed by atoms with Crippen LogP contribution >= 0.6 is 15.9 Å². The van der Waals surface area contributed by atoms with E-state index in [-0.39, 0.29) is 12.4 Å². The van der Waals surface area contributed by atoms with Crippen LogP contribution in [-0.2, 0) is 0 Å². The standard InChI is InChI=1S/C12H16BrN3O2/c13-9-2-1-3-10(11(9)12(14)15-18)16(6-7-17)8-4-5-8/h1-3,8,17-18H,4-7H2,(H2,14,15). The summed E-state index contributed by atoms with van der Waals surface area (Å²) in [5, 5.41) is 21.1. The lowest BCUT2D eigenvalue weighted by atomic mass is 10.1. The molecule has 4 N–H and O–H groups in total. The molecule has 6 heteroatoms. The molecule has 1 aromatic carbocycles. The number of aliphatic hydroxyl groups is 1. The Kier molecular flexibility index (Phi) is 4.08. The average molecular weight is 314 g/mol. The second-order valence-electron chi connectivity index (χ2n) is 4.27. The fourth-order valence-corrected chi connectivity index (χ4v) is 2.61. The van der Waals surface area contributed by atoms with Gasteiger partial charge in [0.05, 0.1) is 12.2 Å². The molecular weight excluding hydrogens is 298 g/mol. The van der Waals surface area contributed by atoms with Crippen molar-refractivity contribution < 1.29 is 10.3 Å². The van der Waals surface area contributed by atoms with Gasteiger partial charge >= 0.3 is 0 Å². The quantitative estimate of drug-likeness (QED) is 0.333. The predicted octanol–water partition coefficient (Wildman–Crippen LogP) is 1.50. The normalized spacial score (nSPS) is 15.8. The molecule has 0 saturated heterocycles. The van der Waals surface area contributed by atoms with Crippen molar-refractivity contribution in [3.63, 3.8) is 0 Å². The molecule has 0 bridgehead atoms. The molecule has 1 saturated carbocycles. The van der Waals surface area contributed by atoms with Crippen molar-refractivity contribution in [2.45, 2.75) is 18.9 Å². The number of hydrogen-bond donors (Lipinski definition) is 3. The largest absolute Gasteiger partial charge is 0.409 e. The van der Waals surface area contributed by atoms with Crippen LogP contribution in [0.5, 0.6) is 0 Å². The molecule has 0 radical (unpaired) electrons. The molecule has 2 rings (SSSR count). The molecule has 0 aromatic heterocycles. The first kappa shape index (κ1) is 13.2. The number of oxime groups is 1. The minimum Gasteiger partial charge on any atom is -0.409 e. The zero-order valence-corrected chi connectivity index (χ0v) is 11.5. The Balaban J connectivity index is 2.44. The van der Waals surface area contributed by atoms with Gasteiger partial charge in [0, 0.05) is 22.7 Å². The summed E-state index contributed by atoms with van der Waals surface area (Å²) in [5.41, 5.74) is 7.28. The van der Waals surface area contributed by atoms with E-state index >= 15 is 0 Å². The smallest absolute Gasteiger partial charge is 0.173 e. The van der Waals surface area contributed by atoms with Crippen LogP contribution in [0.25, 0.3) is 0 Å². The van der Waals surface area contributed by atoms with Gasteiger partial charge < -0.3 is 20.9 Å². The summed E-state index contributed by atoms with van der Waals surface area (Å²) < 4.78 is 0.777. The number of nitrogens with zero attached hydrogens (tertiary/aromatic N) is 2. The van der Waals surface area contributed by atoms with E-state index in [0.29, 0.717) is 18.2 Å². The lowest BCUT2D eigenvalue weighted by Crippen LogP contribution is -2.31. The van der Waals surface area contributed by atoms with Crippen LogP contribution in [0, 0.1) is 0 Å². The molecule has 98 valence electrons. The first-order chi connectivity index (χ1) is 8.69. The molecule has 1 fully saturated rings. The highest BCUT2D eigenvalue weighted by molar-refractivity contribution is 9.10. The molecule has 0 unspecified atom stereocenters. The molecule has 0 atom stereocenters. The topological polar surface area (TPSA) is 82.1 Å². The molecule has 0 amide bonds. The Bertz CT molecular complexity index is 461. The Labute approximate surface area is 114 Å². The van der Waals surface area contributed by atoms with Crippen LogP contribution in [0.15, 0.2) is 27.8 Å². The van der Waals surface area contributed by atoms with Gasteiger partial charge in [0.1, 0.15) is 0 Å². The fraction of sp³-hybridized carbons (Fsp3) is 0.417. The molecule has 18 heavy (non-hydrogen) atoms. The molecule has 5 nitrogen and oxygen atoms in total. The molecular formula is C12H16BrN3O2. The lowest BCUT2D eigenvalue weighted by molar-refractivity contribution is 0.301. The van der Waals surface area contributed by atoms with Crippen molar-refractivity contribution in [2.24, 2.45) is 10.9 Å². The van der Waals surface area contributed by atoms with Crippen molar-refractivity contribution in [3.8, 4) is 0 Å². The predicted molar refractivity (Wildman–Crippen MR) is 74.1 cm³/mol. The van der Waals surface area contributed by atoms with Crippen molar-refractivity contribution in [3.05, 3.63) is 28.2 Å². The number of anilines is 1. The monoisotopic (exact) mass is 313 g/mol. The minimum atomic E-state index is 0.0704. The van der Waals surface area contributed by atoms with Gasteiger partial charge in [0.15, 0.2) is 5.84 Å². The van der Waals surface area contributed by atoms with Gasteiger partial charge in [-0.2, -0.15) is 0 Å². The first-order valence-electron chi connectivity index (χ1n) is 5.83. The number of benzene rings is 1. The maximum Gasteiger partial charge on any atom is 0.173 e. The third-order valence-electron chi connectivity index (χ3n) is 2.99. The molecule has 0 spiro atoms. The zero-order chi connectivity index (χ0) is 13.1. The van der Waals surface area contributed by atoms with Gasteiger partial charge in [-0.05, 0) is 40.9 Å². The van der Waals surface area contributed by atoms with Crippen LogP contribution < -0.4 is 10.6 Å². The van der Waals surface area contributed by atoms with E-state index < -0.39 is 0 Å². The van der Waals surface area contributed by atoms with E-state index in [1.54, 1.807) is 0 Å². The third kappa shape index (κ3) is 2.59. The van der Waals surface area contributed by atoms with Crippen LogP contribution in [0.3, 0.4) is 0 Å².